The third-order valence-corrected chi connectivity index (χ3v) is 2.85. The molecule has 0 saturated carbocycles. The van der Waals surface area contributed by atoms with Crippen molar-refractivity contribution in [2.24, 2.45) is 0 Å². The summed E-state index contributed by atoms with van der Waals surface area (Å²) < 4.78 is 0. The highest BCUT2D eigenvalue weighted by Gasteiger charge is 1.85. The van der Waals surface area contributed by atoms with Gasteiger partial charge in [-0.1, -0.05) is 67.7 Å². The predicted octanol–water partition coefficient (Wildman–Crippen LogP) is 6.54. The molecule has 0 amide bonds. The molecule has 0 rings (SSSR count). The quantitative estimate of drug-likeness (QED) is 0.212. The van der Waals surface area contributed by atoms with E-state index >= 15 is 0 Å². The van der Waals surface area contributed by atoms with Gasteiger partial charge in [-0.2, -0.15) is 0 Å². The van der Waals surface area contributed by atoms with E-state index in [0.717, 1.165) is 6.42 Å². The van der Waals surface area contributed by atoms with Gasteiger partial charge < -0.3 is 0 Å². The number of unbranched alkanes of at least 4 members (excludes halogenated alkanes) is 5. The van der Waals surface area contributed by atoms with Gasteiger partial charge in [0.1, 0.15) is 0 Å². The van der Waals surface area contributed by atoms with Gasteiger partial charge in [0, 0.05) is 0 Å². The standard InChI is InChI=1S/C19H30/c1-3-5-7-9-11-13-15-17-19-18-16-14-12-10-8-6-4-2/h3-7,11-14H,1,8-10,15-19H2,2H3/b6-4+,7-5+,13-11+,14-12+. The van der Waals surface area contributed by atoms with Crippen molar-refractivity contribution in [2.45, 2.75) is 58.3 Å². The Labute approximate surface area is 120 Å². The first-order chi connectivity index (χ1) is 9.41. The van der Waals surface area contributed by atoms with Crippen LogP contribution in [0.2, 0.25) is 0 Å². The van der Waals surface area contributed by atoms with Crippen molar-refractivity contribution in [1.82, 2.24) is 0 Å². The Morgan fingerprint density at radius 3 is 2.00 bits per heavy atom. The van der Waals surface area contributed by atoms with E-state index in [-0.39, 0.29) is 0 Å². The molecule has 0 aromatic rings. The molecule has 0 saturated heterocycles. The first-order valence-corrected chi connectivity index (χ1v) is 7.60. The summed E-state index contributed by atoms with van der Waals surface area (Å²) in [6, 6.07) is 0. The molecule has 19 heavy (non-hydrogen) atoms. The minimum Gasteiger partial charge on any atom is -0.0991 e. The molecule has 0 atom stereocenters. The van der Waals surface area contributed by atoms with Gasteiger partial charge in [0.25, 0.3) is 0 Å². The van der Waals surface area contributed by atoms with E-state index in [1.54, 1.807) is 0 Å². The second kappa shape index (κ2) is 16.7. The van der Waals surface area contributed by atoms with Gasteiger partial charge in [0.05, 0.1) is 0 Å². The molecule has 0 aliphatic heterocycles. The summed E-state index contributed by atoms with van der Waals surface area (Å²) in [6.45, 7) is 5.72. The number of hydrogen-bond donors (Lipinski definition) is 0. The van der Waals surface area contributed by atoms with Crippen LogP contribution in [-0.4, -0.2) is 0 Å². The van der Waals surface area contributed by atoms with Crippen molar-refractivity contribution in [3.63, 3.8) is 0 Å². The summed E-state index contributed by atoms with van der Waals surface area (Å²) in [5, 5.41) is 0. The fourth-order valence-electron chi connectivity index (χ4n) is 1.76. The summed E-state index contributed by atoms with van der Waals surface area (Å²) in [5.41, 5.74) is 0. The number of allylic oxidation sites excluding steroid dienone is 9. The van der Waals surface area contributed by atoms with E-state index in [1.807, 2.05) is 12.2 Å². The maximum atomic E-state index is 3.64. The van der Waals surface area contributed by atoms with Crippen molar-refractivity contribution in [2.75, 3.05) is 0 Å². The van der Waals surface area contributed by atoms with Crippen LogP contribution in [0.5, 0.6) is 0 Å². The zero-order chi connectivity index (χ0) is 14.0. The van der Waals surface area contributed by atoms with Gasteiger partial charge in [0.15, 0.2) is 0 Å². The first kappa shape index (κ1) is 17.7. The van der Waals surface area contributed by atoms with Crippen LogP contribution < -0.4 is 0 Å². The third kappa shape index (κ3) is 16.7. The Kier molecular flexibility index (Phi) is 15.6. The molecule has 0 unspecified atom stereocenters. The van der Waals surface area contributed by atoms with Crippen LogP contribution in [0.25, 0.3) is 0 Å². The molecule has 0 aliphatic carbocycles. The first-order valence-electron chi connectivity index (χ1n) is 7.60. The van der Waals surface area contributed by atoms with Gasteiger partial charge in [-0.15, -0.1) is 0 Å². The molecule has 0 spiro atoms. The van der Waals surface area contributed by atoms with E-state index < -0.39 is 0 Å². The molecule has 0 N–H and O–H groups in total. The molecule has 0 heteroatoms. The van der Waals surface area contributed by atoms with E-state index in [1.165, 1.54) is 44.9 Å². The maximum Gasteiger partial charge on any atom is -0.0166 e. The van der Waals surface area contributed by atoms with Gasteiger partial charge >= 0.3 is 0 Å². The maximum absolute atomic E-state index is 3.64. The zero-order valence-corrected chi connectivity index (χ0v) is 12.6. The highest BCUT2D eigenvalue weighted by atomic mass is 13.9. The highest BCUT2D eigenvalue weighted by molar-refractivity contribution is 5.01. The SMILES string of the molecule is C=C/C=C/C/C=C/CCCCC/C=C/CC/C=C/C. The molecule has 0 radical (unpaired) electrons. The number of rotatable bonds is 12. The molecule has 0 bridgehead atoms. The van der Waals surface area contributed by atoms with E-state index in [2.05, 4.69) is 56.0 Å². The lowest BCUT2D eigenvalue weighted by Crippen LogP contribution is -1.75. The van der Waals surface area contributed by atoms with Gasteiger partial charge in [-0.05, 0) is 51.9 Å². The molecular weight excluding hydrogens is 228 g/mol. The van der Waals surface area contributed by atoms with Crippen molar-refractivity contribution in [3.05, 3.63) is 61.3 Å². The van der Waals surface area contributed by atoms with Crippen molar-refractivity contribution < 1.29 is 0 Å². The molecule has 0 heterocycles. The summed E-state index contributed by atoms with van der Waals surface area (Å²) in [6.07, 6.45) is 29.3. The summed E-state index contributed by atoms with van der Waals surface area (Å²) >= 11 is 0. The Morgan fingerprint density at radius 1 is 0.684 bits per heavy atom. The fraction of sp³-hybridized carbons (Fsp3) is 0.474. The third-order valence-electron chi connectivity index (χ3n) is 2.85. The lowest BCUT2D eigenvalue weighted by atomic mass is 10.1. The van der Waals surface area contributed by atoms with Gasteiger partial charge in [-0.3, -0.25) is 0 Å². The second-order valence-electron chi connectivity index (χ2n) is 4.63. The minimum absolute atomic E-state index is 1.03. The highest BCUT2D eigenvalue weighted by Crippen LogP contribution is 2.05. The van der Waals surface area contributed by atoms with E-state index in [0.29, 0.717) is 0 Å². The van der Waals surface area contributed by atoms with Crippen LogP contribution in [0, 0.1) is 0 Å². The summed E-state index contributed by atoms with van der Waals surface area (Å²) in [4.78, 5) is 0. The van der Waals surface area contributed by atoms with Crippen LogP contribution in [-0.2, 0) is 0 Å². The van der Waals surface area contributed by atoms with Crippen molar-refractivity contribution in [1.29, 1.82) is 0 Å². The average Bonchev–Trinajstić information content (AvgIpc) is 2.43. The van der Waals surface area contributed by atoms with Crippen LogP contribution in [0.1, 0.15) is 58.3 Å². The molecule has 0 nitrogen and oxygen atoms in total. The van der Waals surface area contributed by atoms with Gasteiger partial charge in [-0.25, -0.2) is 0 Å². The molecular formula is C19H30. The molecule has 0 aliphatic rings. The fourth-order valence-corrected chi connectivity index (χ4v) is 1.76. The van der Waals surface area contributed by atoms with Crippen LogP contribution in [0.15, 0.2) is 61.3 Å². The molecule has 0 aromatic carbocycles. The minimum atomic E-state index is 1.03. The van der Waals surface area contributed by atoms with Crippen molar-refractivity contribution >= 4 is 0 Å². The summed E-state index contributed by atoms with van der Waals surface area (Å²) in [7, 11) is 0. The van der Waals surface area contributed by atoms with Gasteiger partial charge in [0.2, 0.25) is 0 Å². The smallest absolute Gasteiger partial charge is 0.0166 e. The predicted molar refractivity (Wildman–Crippen MR) is 89.4 cm³/mol. The largest absolute Gasteiger partial charge is 0.0991 e. The summed E-state index contributed by atoms with van der Waals surface area (Å²) in [5.74, 6) is 0. The normalized spacial score (nSPS) is 12.5. The van der Waals surface area contributed by atoms with E-state index in [9.17, 15) is 0 Å². The topological polar surface area (TPSA) is 0 Å². The van der Waals surface area contributed by atoms with Crippen molar-refractivity contribution in [3.8, 4) is 0 Å². The Balaban J connectivity index is 3.22. The van der Waals surface area contributed by atoms with Crippen LogP contribution in [0.3, 0.4) is 0 Å². The zero-order valence-electron chi connectivity index (χ0n) is 12.6. The lowest BCUT2D eigenvalue weighted by Gasteiger charge is -1.95. The Bertz CT molecular complexity index is 289. The Morgan fingerprint density at radius 2 is 1.32 bits per heavy atom. The monoisotopic (exact) mass is 258 g/mol. The molecule has 0 aromatic heterocycles. The second-order valence-corrected chi connectivity index (χ2v) is 4.63. The average molecular weight is 258 g/mol. The van der Waals surface area contributed by atoms with E-state index in [4.69, 9.17) is 0 Å². The molecule has 0 fully saturated rings. The Hall–Kier alpha value is -1.30. The van der Waals surface area contributed by atoms with Crippen LogP contribution >= 0.6 is 0 Å². The number of hydrogen-bond acceptors (Lipinski definition) is 0. The lowest BCUT2D eigenvalue weighted by molar-refractivity contribution is 0.694. The molecule has 106 valence electrons. The van der Waals surface area contributed by atoms with Crippen LogP contribution in [0.4, 0.5) is 0 Å².